The number of amides is 1. The number of carbonyl (C=O) groups is 1. The number of piperidine rings is 1. The normalized spacial score (nSPS) is 20.5. The second-order valence-corrected chi connectivity index (χ2v) is 6.87. The van der Waals surface area contributed by atoms with E-state index in [1.54, 1.807) is 0 Å². The first-order valence-corrected chi connectivity index (χ1v) is 8.89. The van der Waals surface area contributed by atoms with Crippen LogP contribution in [0.25, 0.3) is 0 Å². The Labute approximate surface area is 138 Å². The number of likely N-dealkylation sites (tertiary alicyclic amines) is 1. The van der Waals surface area contributed by atoms with Crippen LogP contribution in [0, 0.1) is 19.8 Å². The average molecular weight is 317 g/mol. The zero-order valence-corrected chi connectivity index (χ0v) is 14.3. The lowest BCUT2D eigenvalue weighted by atomic mass is 9.88. The van der Waals surface area contributed by atoms with Crippen molar-refractivity contribution in [2.24, 2.45) is 5.92 Å². The van der Waals surface area contributed by atoms with Crippen molar-refractivity contribution in [2.45, 2.75) is 64.9 Å². The van der Waals surface area contributed by atoms with Crippen LogP contribution in [0.4, 0.5) is 0 Å². The van der Waals surface area contributed by atoms with Gasteiger partial charge in [-0.25, -0.2) is 4.98 Å². The van der Waals surface area contributed by atoms with E-state index < -0.39 is 0 Å². The SMILES string of the molecule is Cc1cc(OC2CCN(C(=O)C3CCCCC3)CC2)nc(C)n1. The van der Waals surface area contributed by atoms with Crippen LogP contribution >= 0.6 is 0 Å². The molecule has 1 aliphatic carbocycles. The van der Waals surface area contributed by atoms with Crippen LogP contribution in [0.15, 0.2) is 6.07 Å². The minimum absolute atomic E-state index is 0.152. The molecule has 2 fully saturated rings. The van der Waals surface area contributed by atoms with Crippen LogP contribution in [-0.4, -0.2) is 40.0 Å². The van der Waals surface area contributed by atoms with E-state index in [9.17, 15) is 4.79 Å². The molecule has 2 aliphatic rings. The highest BCUT2D eigenvalue weighted by molar-refractivity contribution is 5.79. The number of rotatable bonds is 3. The van der Waals surface area contributed by atoms with Gasteiger partial charge in [-0.15, -0.1) is 0 Å². The van der Waals surface area contributed by atoms with Gasteiger partial charge in [0.2, 0.25) is 11.8 Å². The van der Waals surface area contributed by atoms with Crippen LogP contribution in [0.1, 0.15) is 56.5 Å². The van der Waals surface area contributed by atoms with E-state index in [0.717, 1.165) is 50.3 Å². The third-order valence-corrected chi connectivity index (χ3v) is 4.94. The van der Waals surface area contributed by atoms with Crippen molar-refractivity contribution in [2.75, 3.05) is 13.1 Å². The van der Waals surface area contributed by atoms with Crippen molar-refractivity contribution < 1.29 is 9.53 Å². The topological polar surface area (TPSA) is 55.3 Å². The number of aryl methyl sites for hydroxylation is 2. The molecule has 2 heterocycles. The van der Waals surface area contributed by atoms with E-state index >= 15 is 0 Å². The summed E-state index contributed by atoms with van der Waals surface area (Å²) in [5, 5.41) is 0. The fourth-order valence-electron chi connectivity index (χ4n) is 3.72. The summed E-state index contributed by atoms with van der Waals surface area (Å²) in [6.45, 7) is 5.45. The fourth-order valence-corrected chi connectivity index (χ4v) is 3.72. The average Bonchev–Trinajstić information content (AvgIpc) is 2.55. The number of aromatic nitrogens is 2. The van der Waals surface area contributed by atoms with Gasteiger partial charge in [-0.05, 0) is 26.7 Å². The minimum atomic E-state index is 0.152. The molecule has 0 N–H and O–H groups in total. The molecule has 5 heteroatoms. The van der Waals surface area contributed by atoms with Crippen molar-refractivity contribution in [1.29, 1.82) is 0 Å². The van der Waals surface area contributed by atoms with Gasteiger partial charge in [0, 0.05) is 43.6 Å². The van der Waals surface area contributed by atoms with E-state index in [-0.39, 0.29) is 12.0 Å². The molecule has 0 spiro atoms. The second kappa shape index (κ2) is 7.28. The molecule has 1 saturated heterocycles. The zero-order valence-electron chi connectivity index (χ0n) is 14.3. The molecule has 23 heavy (non-hydrogen) atoms. The Bertz CT molecular complexity index is 527. The van der Waals surface area contributed by atoms with Crippen LogP contribution < -0.4 is 4.74 Å². The number of carbonyl (C=O) groups excluding carboxylic acids is 1. The summed E-state index contributed by atoms with van der Waals surface area (Å²) in [7, 11) is 0. The number of hydrogen-bond donors (Lipinski definition) is 0. The summed E-state index contributed by atoms with van der Waals surface area (Å²) in [6, 6.07) is 1.88. The Morgan fingerprint density at radius 2 is 1.78 bits per heavy atom. The predicted molar refractivity (Wildman–Crippen MR) is 88.3 cm³/mol. The lowest BCUT2D eigenvalue weighted by Crippen LogP contribution is -2.44. The van der Waals surface area contributed by atoms with E-state index in [0.29, 0.717) is 11.8 Å². The van der Waals surface area contributed by atoms with Crippen molar-refractivity contribution in [3.8, 4) is 5.88 Å². The van der Waals surface area contributed by atoms with Crippen molar-refractivity contribution in [1.82, 2.24) is 14.9 Å². The second-order valence-electron chi connectivity index (χ2n) is 6.87. The lowest BCUT2D eigenvalue weighted by molar-refractivity contribution is -0.138. The first-order chi connectivity index (χ1) is 11.1. The molecular formula is C18H27N3O2. The molecule has 0 radical (unpaired) electrons. The summed E-state index contributed by atoms with van der Waals surface area (Å²) in [5.41, 5.74) is 0.928. The first-order valence-electron chi connectivity index (χ1n) is 8.89. The largest absolute Gasteiger partial charge is 0.474 e. The molecule has 5 nitrogen and oxygen atoms in total. The summed E-state index contributed by atoms with van der Waals surface area (Å²) < 4.78 is 6.00. The molecule has 1 aromatic rings. The maximum Gasteiger partial charge on any atom is 0.225 e. The van der Waals surface area contributed by atoms with Gasteiger partial charge in [0.1, 0.15) is 11.9 Å². The molecule has 0 atom stereocenters. The maximum atomic E-state index is 12.6. The minimum Gasteiger partial charge on any atom is -0.474 e. The summed E-state index contributed by atoms with van der Waals surface area (Å²) in [5.74, 6) is 2.04. The maximum absolute atomic E-state index is 12.6. The van der Waals surface area contributed by atoms with E-state index in [1.165, 1.54) is 19.3 Å². The first kappa shape index (κ1) is 16.2. The van der Waals surface area contributed by atoms with Gasteiger partial charge in [-0.3, -0.25) is 4.79 Å². The third-order valence-electron chi connectivity index (χ3n) is 4.94. The van der Waals surface area contributed by atoms with Gasteiger partial charge < -0.3 is 9.64 Å². The molecule has 1 aliphatic heterocycles. The summed E-state index contributed by atoms with van der Waals surface area (Å²) >= 11 is 0. The molecule has 0 aromatic carbocycles. The van der Waals surface area contributed by atoms with Crippen LogP contribution in [0.5, 0.6) is 5.88 Å². The third kappa shape index (κ3) is 4.21. The quantitative estimate of drug-likeness (QED) is 0.860. The molecule has 1 amide bonds. The number of hydrogen-bond acceptors (Lipinski definition) is 4. The van der Waals surface area contributed by atoms with Crippen molar-refractivity contribution >= 4 is 5.91 Å². The summed E-state index contributed by atoms with van der Waals surface area (Å²) in [4.78, 5) is 23.2. The zero-order chi connectivity index (χ0) is 16.2. The molecule has 126 valence electrons. The highest BCUT2D eigenvalue weighted by Crippen LogP contribution is 2.27. The van der Waals surface area contributed by atoms with Crippen LogP contribution in [-0.2, 0) is 4.79 Å². The standard InChI is InChI=1S/C18H27N3O2/c1-13-12-17(20-14(2)19-13)23-16-8-10-21(11-9-16)18(22)15-6-4-3-5-7-15/h12,15-16H,3-11H2,1-2H3. The predicted octanol–water partition coefficient (Wildman–Crippen LogP) is 3.04. The molecule has 0 unspecified atom stereocenters. The van der Waals surface area contributed by atoms with Gasteiger partial charge >= 0.3 is 0 Å². The Morgan fingerprint density at radius 3 is 2.43 bits per heavy atom. The lowest BCUT2D eigenvalue weighted by Gasteiger charge is -2.35. The van der Waals surface area contributed by atoms with E-state index in [1.807, 2.05) is 24.8 Å². The molecule has 1 aromatic heterocycles. The molecule has 1 saturated carbocycles. The van der Waals surface area contributed by atoms with Crippen molar-refractivity contribution in [3.05, 3.63) is 17.6 Å². The van der Waals surface area contributed by atoms with Gasteiger partial charge in [0.25, 0.3) is 0 Å². The summed E-state index contributed by atoms with van der Waals surface area (Å²) in [6.07, 6.45) is 7.80. The Hall–Kier alpha value is -1.65. The molecule has 3 rings (SSSR count). The Morgan fingerprint density at radius 1 is 1.09 bits per heavy atom. The monoisotopic (exact) mass is 317 g/mol. The number of nitrogens with zero attached hydrogens (tertiary/aromatic N) is 3. The smallest absolute Gasteiger partial charge is 0.225 e. The Balaban J connectivity index is 1.50. The highest BCUT2D eigenvalue weighted by Gasteiger charge is 2.29. The van der Waals surface area contributed by atoms with E-state index in [2.05, 4.69) is 9.97 Å². The van der Waals surface area contributed by atoms with Gasteiger partial charge in [-0.2, -0.15) is 4.98 Å². The number of ether oxygens (including phenoxy) is 1. The van der Waals surface area contributed by atoms with Gasteiger partial charge in [-0.1, -0.05) is 19.3 Å². The fraction of sp³-hybridized carbons (Fsp3) is 0.722. The van der Waals surface area contributed by atoms with Crippen LogP contribution in [0.2, 0.25) is 0 Å². The molecular weight excluding hydrogens is 290 g/mol. The van der Waals surface area contributed by atoms with Crippen molar-refractivity contribution in [3.63, 3.8) is 0 Å². The van der Waals surface area contributed by atoms with E-state index in [4.69, 9.17) is 4.74 Å². The Kier molecular flexibility index (Phi) is 5.13. The van der Waals surface area contributed by atoms with Crippen LogP contribution in [0.3, 0.4) is 0 Å². The van der Waals surface area contributed by atoms with Gasteiger partial charge in [0.15, 0.2) is 0 Å². The van der Waals surface area contributed by atoms with Gasteiger partial charge in [0.05, 0.1) is 0 Å². The highest BCUT2D eigenvalue weighted by atomic mass is 16.5. The molecule has 0 bridgehead atoms.